The molecule has 0 fully saturated rings. The first kappa shape index (κ1) is 21.1. The van der Waals surface area contributed by atoms with Crippen molar-refractivity contribution in [3.05, 3.63) is 86.8 Å². The Morgan fingerprint density at radius 3 is 2.55 bits per heavy atom. The Morgan fingerprint density at radius 2 is 1.79 bits per heavy atom. The number of allylic oxidation sites excluding steroid dienone is 2. The quantitative estimate of drug-likeness (QED) is 0.538. The maximum absolute atomic E-state index is 13.3. The van der Waals surface area contributed by atoms with E-state index < -0.39 is 5.92 Å². The topological polar surface area (TPSA) is 96.2 Å². The average molecular weight is 446 g/mol. The highest BCUT2D eigenvalue weighted by atomic mass is 16.5. The molecular formula is C26H27N3O4. The van der Waals surface area contributed by atoms with E-state index in [0.29, 0.717) is 41.5 Å². The van der Waals surface area contributed by atoms with Gasteiger partial charge in [0.25, 0.3) is 5.56 Å². The third kappa shape index (κ3) is 3.84. The summed E-state index contributed by atoms with van der Waals surface area (Å²) in [6, 6.07) is 15.5. The second-order valence-corrected chi connectivity index (χ2v) is 9.44. The fourth-order valence-corrected chi connectivity index (χ4v) is 4.87. The molecule has 1 unspecified atom stereocenters. The predicted octanol–water partition coefficient (Wildman–Crippen LogP) is 4.49. The Balaban J connectivity index is 1.59. The molecule has 1 aliphatic heterocycles. The number of rotatable bonds is 5. The van der Waals surface area contributed by atoms with Crippen molar-refractivity contribution < 1.29 is 14.3 Å². The summed E-state index contributed by atoms with van der Waals surface area (Å²) in [6.07, 6.45) is 1.17. The number of methoxy groups -OCH3 is 1. The number of ether oxygens (including phenoxy) is 2. The molecule has 0 amide bonds. The van der Waals surface area contributed by atoms with E-state index >= 15 is 0 Å². The van der Waals surface area contributed by atoms with Crippen LogP contribution in [0.1, 0.15) is 49.3 Å². The first-order chi connectivity index (χ1) is 15.9. The summed E-state index contributed by atoms with van der Waals surface area (Å²) in [6.45, 7) is 4.55. The zero-order valence-corrected chi connectivity index (χ0v) is 19.0. The Hall–Kier alpha value is -3.74. The minimum atomic E-state index is -0.486. The van der Waals surface area contributed by atoms with Crippen LogP contribution in [0.3, 0.4) is 0 Å². The van der Waals surface area contributed by atoms with Crippen molar-refractivity contribution in [2.24, 2.45) is 5.41 Å². The standard InChI is InChI=1S/C26H27N3O4/c1-26(2)12-17-22(18(30)13-26)21(23-24(27-17)28-29-25(23)31)16-9-10-19(32-3)20(11-16)33-14-15-7-5-4-6-8-15/h4-11,21H,12-14H2,1-3H3,(H3,27,28,29,31). The normalized spacial score (nSPS) is 18.9. The zero-order chi connectivity index (χ0) is 23.2. The van der Waals surface area contributed by atoms with Gasteiger partial charge in [0.05, 0.1) is 12.7 Å². The molecule has 7 nitrogen and oxygen atoms in total. The molecule has 7 heteroatoms. The predicted molar refractivity (Wildman–Crippen MR) is 126 cm³/mol. The SMILES string of the molecule is COc1ccc(C2C3=C(CC(C)(C)CC3=O)Nc3[nH][nH]c(=O)c32)cc1OCc1ccccc1. The number of anilines is 1. The summed E-state index contributed by atoms with van der Waals surface area (Å²) in [5, 5.41) is 8.91. The molecule has 1 atom stereocenters. The summed E-state index contributed by atoms with van der Waals surface area (Å²) in [7, 11) is 1.59. The molecule has 2 aliphatic rings. The number of carbonyl (C=O) groups is 1. The number of fused-ring (bicyclic) bond motifs is 1. The number of hydrogen-bond donors (Lipinski definition) is 3. The van der Waals surface area contributed by atoms with Gasteiger partial charge in [-0.2, -0.15) is 0 Å². The molecule has 1 aromatic heterocycles. The summed E-state index contributed by atoms with van der Waals surface area (Å²) in [5.41, 5.74) is 3.50. The molecule has 0 bridgehead atoms. The lowest BCUT2D eigenvalue weighted by Crippen LogP contribution is -2.35. The van der Waals surface area contributed by atoms with Gasteiger partial charge >= 0.3 is 0 Å². The number of H-pyrrole nitrogens is 2. The molecule has 2 aromatic carbocycles. The number of ketones is 1. The van der Waals surface area contributed by atoms with Gasteiger partial charge in [-0.15, -0.1) is 0 Å². The van der Waals surface area contributed by atoms with Crippen LogP contribution in [0, 0.1) is 5.41 Å². The second-order valence-electron chi connectivity index (χ2n) is 9.44. The smallest absolute Gasteiger partial charge is 0.270 e. The van der Waals surface area contributed by atoms with Crippen molar-refractivity contribution in [2.45, 2.75) is 39.2 Å². The monoisotopic (exact) mass is 445 g/mol. The van der Waals surface area contributed by atoms with E-state index in [1.165, 1.54) is 0 Å². The van der Waals surface area contributed by atoms with Crippen molar-refractivity contribution in [1.29, 1.82) is 0 Å². The average Bonchev–Trinajstić information content (AvgIpc) is 3.16. The van der Waals surface area contributed by atoms with Gasteiger partial charge in [-0.3, -0.25) is 19.8 Å². The lowest BCUT2D eigenvalue weighted by Gasteiger charge is -2.38. The van der Waals surface area contributed by atoms with E-state index in [1.807, 2.05) is 48.5 Å². The van der Waals surface area contributed by atoms with Gasteiger partial charge in [0, 0.05) is 23.6 Å². The van der Waals surface area contributed by atoms with E-state index in [0.717, 1.165) is 23.2 Å². The van der Waals surface area contributed by atoms with E-state index in [1.54, 1.807) is 7.11 Å². The lowest BCUT2D eigenvalue weighted by molar-refractivity contribution is -0.118. The second kappa shape index (κ2) is 7.99. The molecule has 5 rings (SSSR count). The number of carbonyl (C=O) groups excluding carboxylic acids is 1. The molecule has 2 heterocycles. The zero-order valence-electron chi connectivity index (χ0n) is 19.0. The number of benzene rings is 2. The summed E-state index contributed by atoms with van der Waals surface area (Å²) < 4.78 is 11.6. The molecule has 33 heavy (non-hydrogen) atoms. The highest BCUT2D eigenvalue weighted by Crippen LogP contribution is 2.48. The minimum absolute atomic E-state index is 0.0626. The molecule has 1 aliphatic carbocycles. The molecular weight excluding hydrogens is 418 g/mol. The molecule has 170 valence electrons. The van der Waals surface area contributed by atoms with Gasteiger partial charge in [0.2, 0.25) is 0 Å². The van der Waals surface area contributed by atoms with Crippen LogP contribution in [0.25, 0.3) is 0 Å². The highest BCUT2D eigenvalue weighted by molar-refractivity contribution is 6.01. The van der Waals surface area contributed by atoms with Gasteiger partial charge in [0.1, 0.15) is 12.4 Å². The van der Waals surface area contributed by atoms with Crippen LogP contribution in [0.15, 0.2) is 64.6 Å². The van der Waals surface area contributed by atoms with E-state index in [9.17, 15) is 9.59 Å². The minimum Gasteiger partial charge on any atom is -0.493 e. The van der Waals surface area contributed by atoms with Crippen LogP contribution >= 0.6 is 0 Å². The third-order valence-corrected chi connectivity index (χ3v) is 6.35. The fraction of sp³-hybridized carbons (Fsp3) is 0.308. The highest BCUT2D eigenvalue weighted by Gasteiger charge is 2.42. The van der Waals surface area contributed by atoms with Crippen molar-refractivity contribution >= 4 is 11.6 Å². The Kier molecular flexibility index (Phi) is 5.12. The first-order valence-corrected chi connectivity index (χ1v) is 11.0. The van der Waals surface area contributed by atoms with Crippen LogP contribution in [0.5, 0.6) is 11.5 Å². The Morgan fingerprint density at radius 1 is 1.00 bits per heavy atom. The number of Topliss-reactive ketones (excluding diaryl/α,β-unsaturated/α-hetero) is 1. The van der Waals surface area contributed by atoms with Crippen LogP contribution < -0.4 is 20.3 Å². The van der Waals surface area contributed by atoms with Crippen LogP contribution in [-0.4, -0.2) is 23.1 Å². The molecule has 0 spiro atoms. The van der Waals surface area contributed by atoms with Gasteiger partial charge in [-0.1, -0.05) is 50.2 Å². The number of aromatic amines is 2. The summed E-state index contributed by atoms with van der Waals surface area (Å²) in [4.78, 5) is 26.1. The van der Waals surface area contributed by atoms with Crippen molar-refractivity contribution in [1.82, 2.24) is 10.2 Å². The van der Waals surface area contributed by atoms with Crippen molar-refractivity contribution in [3.63, 3.8) is 0 Å². The van der Waals surface area contributed by atoms with Crippen molar-refractivity contribution in [3.8, 4) is 11.5 Å². The van der Waals surface area contributed by atoms with Gasteiger partial charge in [-0.25, -0.2) is 0 Å². The van der Waals surface area contributed by atoms with E-state index in [4.69, 9.17) is 9.47 Å². The van der Waals surface area contributed by atoms with Crippen LogP contribution in [0.4, 0.5) is 5.82 Å². The maximum atomic E-state index is 13.3. The van der Waals surface area contributed by atoms with Crippen LogP contribution in [0.2, 0.25) is 0 Å². The Bertz CT molecular complexity index is 1300. The maximum Gasteiger partial charge on any atom is 0.270 e. The number of hydrogen-bond acceptors (Lipinski definition) is 5. The summed E-state index contributed by atoms with van der Waals surface area (Å²) in [5.74, 6) is 1.35. The largest absolute Gasteiger partial charge is 0.493 e. The third-order valence-electron chi connectivity index (χ3n) is 6.35. The fourth-order valence-electron chi connectivity index (χ4n) is 4.87. The first-order valence-electron chi connectivity index (χ1n) is 11.0. The van der Waals surface area contributed by atoms with E-state index in [2.05, 4.69) is 29.4 Å². The van der Waals surface area contributed by atoms with Gasteiger partial charge in [-0.05, 0) is 35.1 Å². The van der Waals surface area contributed by atoms with Gasteiger partial charge in [0.15, 0.2) is 17.3 Å². The summed E-state index contributed by atoms with van der Waals surface area (Å²) >= 11 is 0. The molecule has 3 aromatic rings. The van der Waals surface area contributed by atoms with E-state index in [-0.39, 0.29) is 16.8 Å². The number of aromatic nitrogens is 2. The molecule has 0 saturated heterocycles. The van der Waals surface area contributed by atoms with Crippen molar-refractivity contribution in [2.75, 3.05) is 12.4 Å². The molecule has 0 saturated carbocycles. The molecule has 3 N–H and O–H groups in total. The van der Waals surface area contributed by atoms with Gasteiger partial charge < -0.3 is 14.8 Å². The van der Waals surface area contributed by atoms with Crippen LogP contribution in [-0.2, 0) is 11.4 Å². The lowest BCUT2D eigenvalue weighted by atomic mass is 9.69. The number of nitrogens with one attached hydrogen (secondary N) is 3. The molecule has 0 radical (unpaired) electrons. The Labute approximate surface area is 191 Å².